The maximum atomic E-state index is 13.3. The summed E-state index contributed by atoms with van der Waals surface area (Å²) in [6.45, 7) is 0. The second kappa shape index (κ2) is 10.2. The van der Waals surface area contributed by atoms with Crippen LogP contribution in [0.3, 0.4) is 0 Å². The Bertz CT molecular complexity index is 921. The average molecular weight is 499 g/mol. The summed E-state index contributed by atoms with van der Waals surface area (Å²) in [6, 6.07) is 26.2. The van der Waals surface area contributed by atoms with E-state index in [1.54, 1.807) is 0 Å². The molecule has 0 heterocycles. The summed E-state index contributed by atoms with van der Waals surface area (Å²) in [4.78, 5) is 25.7. The number of carbonyl (C=O) groups is 2. The van der Waals surface area contributed by atoms with Crippen LogP contribution in [0.2, 0.25) is 0 Å². The minimum Gasteiger partial charge on any atom is -0.467 e. The summed E-state index contributed by atoms with van der Waals surface area (Å²) < 4.78 is 6.00. The van der Waals surface area contributed by atoms with Gasteiger partial charge in [0.1, 0.15) is 6.04 Å². The fourth-order valence-electron chi connectivity index (χ4n) is 3.26. The van der Waals surface area contributed by atoms with Crippen LogP contribution in [0.25, 0.3) is 0 Å². The van der Waals surface area contributed by atoms with Crippen LogP contribution in [0.4, 0.5) is 0 Å². The van der Waals surface area contributed by atoms with Gasteiger partial charge in [0.2, 0.25) is 5.91 Å². The topological polar surface area (TPSA) is 55.4 Å². The number of methoxy groups -OCH3 is 1. The van der Waals surface area contributed by atoms with E-state index in [0.717, 1.165) is 20.3 Å². The highest BCUT2D eigenvalue weighted by molar-refractivity contribution is 14.1. The molecule has 0 aromatic heterocycles. The smallest absolute Gasteiger partial charge is 0.328 e. The molecule has 0 radical (unpaired) electrons. The molecular formula is C24H22INO3. The monoisotopic (exact) mass is 499 g/mol. The molecule has 0 fully saturated rings. The van der Waals surface area contributed by atoms with Crippen molar-refractivity contribution in [2.24, 2.45) is 0 Å². The summed E-state index contributed by atoms with van der Waals surface area (Å²) in [5.41, 5.74) is 2.72. The second-order valence-electron chi connectivity index (χ2n) is 6.63. The molecule has 0 bridgehead atoms. The third kappa shape index (κ3) is 5.44. The number of amides is 1. The lowest BCUT2D eigenvalue weighted by molar-refractivity contribution is -0.145. The first-order valence-corrected chi connectivity index (χ1v) is 10.4. The summed E-state index contributed by atoms with van der Waals surface area (Å²) in [5.74, 6) is -1.21. The molecule has 0 aliphatic carbocycles. The van der Waals surface area contributed by atoms with Crippen molar-refractivity contribution in [1.29, 1.82) is 0 Å². The number of halogens is 1. The van der Waals surface area contributed by atoms with E-state index >= 15 is 0 Å². The number of carbonyl (C=O) groups excluding carboxylic acids is 2. The van der Waals surface area contributed by atoms with Gasteiger partial charge in [0.25, 0.3) is 0 Å². The van der Waals surface area contributed by atoms with Gasteiger partial charge in [0, 0.05) is 9.99 Å². The van der Waals surface area contributed by atoms with Crippen LogP contribution >= 0.6 is 22.6 Å². The lowest BCUT2D eigenvalue weighted by atomic mass is 9.90. The molecule has 3 aromatic rings. The summed E-state index contributed by atoms with van der Waals surface area (Å²) in [6.07, 6.45) is 0.369. The van der Waals surface area contributed by atoms with Gasteiger partial charge in [-0.2, -0.15) is 0 Å². The largest absolute Gasteiger partial charge is 0.467 e. The van der Waals surface area contributed by atoms with E-state index in [1.807, 2.05) is 84.9 Å². The molecule has 0 aliphatic rings. The van der Waals surface area contributed by atoms with Gasteiger partial charge in [-0.15, -0.1) is 0 Å². The van der Waals surface area contributed by atoms with Gasteiger partial charge >= 0.3 is 5.97 Å². The predicted octanol–water partition coefficient (Wildman–Crippen LogP) is 4.32. The van der Waals surface area contributed by atoms with E-state index in [1.165, 1.54) is 7.11 Å². The zero-order valence-electron chi connectivity index (χ0n) is 16.0. The number of hydrogen-bond acceptors (Lipinski definition) is 3. The number of esters is 1. The fourth-order valence-corrected chi connectivity index (χ4v) is 3.87. The third-order valence-electron chi connectivity index (χ3n) is 4.71. The standard InChI is InChI=1S/C24H22INO3/c1-29-24(28)21(16-19-14-8-9-15-20(19)25)26-23(27)22(17-10-4-2-5-11-17)18-12-6-3-7-13-18/h2-15,21-22H,16H2,1H3,(H,26,27)/t21-/m1/s1. The van der Waals surface area contributed by atoms with Crippen LogP contribution in [0.1, 0.15) is 22.6 Å². The van der Waals surface area contributed by atoms with Gasteiger partial charge in [-0.25, -0.2) is 4.79 Å². The Labute approximate surface area is 184 Å². The highest BCUT2D eigenvalue weighted by atomic mass is 127. The van der Waals surface area contributed by atoms with Gasteiger partial charge in [0.05, 0.1) is 13.0 Å². The van der Waals surface area contributed by atoms with E-state index in [9.17, 15) is 9.59 Å². The van der Waals surface area contributed by atoms with Crippen molar-refractivity contribution in [3.63, 3.8) is 0 Å². The van der Waals surface area contributed by atoms with Crippen molar-refractivity contribution in [3.8, 4) is 0 Å². The van der Waals surface area contributed by atoms with Crippen molar-refractivity contribution < 1.29 is 14.3 Å². The first-order chi connectivity index (χ1) is 14.1. The molecule has 4 nitrogen and oxygen atoms in total. The number of nitrogens with one attached hydrogen (secondary N) is 1. The van der Waals surface area contributed by atoms with Crippen molar-refractivity contribution >= 4 is 34.5 Å². The van der Waals surface area contributed by atoms with Crippen molar-refractivity contribution in [1.82, 2.24) is 5.32 Å². The molecule has 148 valence electrons. The van der Waals surface area contributed by atoms with Gasteiger partial charge in [-0.1, -0.05) is 78.9 Å². The minimum atomic E-state index is -0.765. The Morgan fingerprint density at radius 1 is 0.862 bits per heavy atom. The molecule has 0 unspecified atom stereocenters. The maximum Gasteiger partial charge on any atom is 0.328 e. The van der Waals surface area contributed by atoms with Crippen LogP contribution < -0.4 is 5.32 Å². The molecule has 29 heavy (non-hydrogen) atoms. The van der Waals surface area contributed by atoms with Gasteiger partial charge < -0.3 is 10.1 Å². The number of benzene rings is 3. The normalized spacial score (nSPS) is 11.7. The molecule has 1 atom stereocenters. The Hall–Kier alpha value is -2.67. The first-order valence-electron chi connectivity index (χ1n) is 9.31. The third-order valence-corrected chi connectivity index (χ3v) is 5.76. The maximum absolute atomic E-state index is 13.3. The number of rotatable bonds is 7. The Kier molecular flexibility index (Phi) is 7.41. The molecule has 0 aliphatic heterocycles. The number of ether oxygens (including phenoxy) is 1. The molecule has 0 saturated heterocycles. The Balaban J connectivity index is 1.89. The lowest BCUT2D eigenvalue weighted by Crippen LogP contribution is -2.45. The molecular weight excluding hydrogens is 477 g/mol. The van der Waals surface area contributed by atoms with Gasteiger partial charge in [-0.05, 0) is 45.3 Å². The number of hydrogen-bond donors (Lipinski definition) is 1. The van der Waals surface area contributed by atoms with E-state index in [4.69, 9.17) is 4.74 Å². The first kappa shape index (κ1) is 21.0. The quantitative estimate of drug-likeness (QED) is 0.389. The van der Waals surface area contributed by atoms with Crippen LogP contribution in [0, 0.1) is 3.57 Å². The predicted molar refractivity (Wildman–Crippen MR) is 122 cm³/mol. The summed E-state index contributed by atoms with van der Waals surface area (Å²) >= 11 is 2.23. The molecule has 3 rings (SSSR count). The summed E-state index contributed by atoms with van der Waals surface area (Å²) in [7, 11) is 1.34. The average Bonchev–Trinajstić information content (AvgIpc) is 2.76. The summed E-state index contributed by atoms with van der Waals surface area (Å²) in [5, 5.41) is 2.92. The minimum absolute atomic E-state index is 0.233. The SMILES string of the molecule is COC(=O)[C@@H](Cc1ccccc1I)NC(=O)C(c1ccccc1)c1ccccc1. The Morgan fingerprint density at radius 2 is 1.38 bits per heavy atom. The van der Waals surface area contributed by atoms with Crippen LogP contribution in [-0.2, 0) is 20.7 Å². The zero-order valence-corrected chi connectivity index (χ0v) is 18.2. The van der Waals surface area contributed by atoms with Crippen LogP contribution in [-0.4, -0.2) is 25.0 Å². The van der Waals surface area contributed by atoms with E-state index in [-0.39, 0.29) is 5.91 Å². The van der Waals surface area contributed by atoms with Crippen LogP contribution in [0.5, 0.6) is 0 Å². The second-order valence-corrected chi connectivity index (χ2v) is 7.80. The van der Waals surface area contributed by atoms with Crippen molar-refractivity contribution in [2.75, 3.05) is 7.11 Å². The molecule has 1 N–H and O–H groups in total. The zero-order chi connectivity index (χ0) is 20.6. The molecule has 5 heteroatoms. The highest BCUT2D eigenvalue weighted by Crippen LogP contribution is 2.25. The molecule has 0 spiro atoms. The Morgan fingerprint density at radius 3 is 1.90 bits per heavy atom. The van der Waals surface area contributed by atoms with Crippen molar-refractivity contribution in [3.05, 3.63) is 105 Å². The van der Waals surface area contributed by atoms with Gasteiger partial charge in [-0.3, -0.25) is 4.79 Å². The molecule has 1 amide bonds. The lowest BCUT2D eigenvalue weighted by Gasteiger charge is -2.22. The molecule has 0 saturated carbocycles. The van der Waals surface area contributed by atoms with Gasteiger partial charge in [0.15, 0.2) is 0 Å². The molecule has 3 aromatic carbocycles. The van der Waals surface area contributed by atoms with E-state index in [0.29, 0.717) is 6.42 Å². The van der Waals surface area contributed by atoms with Crippen molar-refractivity contribution in [2.45, 2.75) is 18.4 Å². The van der Waals surface area contributed by atoms with Crippen LogP contribution in [0.15, 0.2) is 84.9 Å². The highest BCUT2D eigenvalue weighted by Gasteiger charge is 2.28. The van der Waals surface area contributed by atoms with E-state index in [2.05, 4.69) is 27.9 Å². The van der Waals surface area contributed by atoms with E-state index < -0.39 is 17.9 Å². The fraction of sp³-hybridized carbons (Fsp3) is 0.167.